The first-order chi connectivity index (χ1) is 8.52. The van der Waals surface area contributed by atoms with Gasteiger partial charge in [0.15, 0.2) is 0 Å². The molecule has 0 saturated carbocycles. The Morgan fingerprint density at radius 3 is 2.78 bits per heavy atom. The third-order valence-electron chi connectivity index (χ3n) is 3.31. The number of nitrogen functional groups attached to an aromatic ring is 1. The van der Waals surface area contributed by atoms with Crippen LogP contribution in [0.5, 0.6) is 5.75 Å². The molecule has 0 amide bonds. The standard InChI is InChI=1S/C13H20N4O/c1-9(16(2)3)8-17-12-6-5-10(18-4)7-11(12)15-13(17)14/h5-7,9H,8H2,1-4H3,(H2,14,15). The molecule has 0 aliphatic rings. The number of nitrogens with zero attached hydrogens (tertiary/aromatic N) is 3. The molecule has 0 aliphatic carbocycles. The van der Waals surface area contributed by atoms with Crippen molar-refractivity contribution in [2.45, 2.75) is 19.5 Å². The highest BCUT2D eigenvalue weighted by Gasteiger charge is 2.13. The Morgan fingerprint density at radius 2 is 2.17 bits per heavy atom. The van der Waals surface area contributed by atoms with Gasteiger partial charge in [-0.15, -0.1) is 0 Å². The minimum absolute atomic E-state index is 0.395. The highest BCUT2D eigenvalue weighted by atomic mass is 16.5. The zero-order valence-electron chi connectivity index (χ0n) is 11.3. The Morgan fingerprint density at radius 1 is 1.44 bits per heavy atom. The van der Waals surface area contributed by atoms with E-state index in [0.29, 0.717) is 12.0 Å². The lowest BCUT2D eigenvalue weighted by Crippen LogP contribution is -2.29. The van der Waals surface area contributed by atoms with Crippen LogP contribution in [0, 0.1) is 0 Å². The van der Waals surface area contributed by atoms with Gasteiger partial charge in [0.1, 0.15) is 5.75 Å². The van der Waals surface area contributed by atoms with E-state index in [2.05, 4.69) is 30.9 Å². The topological polar surface area (TPSA) is 56.3 Å². The molecular weight excluding hydrogens is 228 g/mol. The number of likely N-dealkylation sites (N-methyl/N-ethyl adjacent to an activating group) is 1. The van der Waals surface area contributed by atoms with Gasteiger partial charge < -0.3 is 19.9 Å². The normalized spacial score (nSPS) is 13.2. The average Bonchev–Trinajstić information content (AvgIpc) is 2.64. The Balaban J connectivity index is 2.41. The van der Waals surface area contributed by atoms with Crippen LogP contribution < -0.4 is 10.5 Å². The van der Waals surface area contributed by atoms with E-state index in [0.717, 1.165) is 23.3 Å². The maximum absolute atomic E-state index is 5.99. The van der Waals surface area contributed by atoms with Crippen LogP contribution in [0.1, 0.15) is 6.92 Å². The first-order valence-electron chi connectivity index (χ1n) is 5.99. The number of imidazole rings is 1. The van der Waals surface area contributed by atoms with E-state index >= 15 is 0 Å². The van der Waals surface area contributed by atoms with Crippen LogP contribution >= 0.6 is 0 Å². The summed E-state index contributed by atoms with van der Waals surface area (Å²) < 4.78 is 7.23. The fourth-order valence-electron chi connectivity index (χ4n) is 1.87. The molecule has 2 N–H and O–H groups in total. The van der Waals surface area contributed by atoms with Crippen LogP contribution in [0.4, 0.5) is 5.95 Å². The number of hydrogen-bond donors (Lipinski definition) is 1. The predicted octanol–water partition coefficient (Wildman–Crippen LogP) is 1.58. The molecule has 1 unspecified atom stereocenters. The summed E-state index contributed by atoms with van der Waals surface area (Å²) in [6.07, 6.45) is 0. The SMILES string of the molecule is COc1ccc2c(c1)nc(N)n2CC(C)N(C)C. The lowest BCUT2D eigenvalue weighted by molar-refractivity contribution is 0.287. The van der Waals surface area contributed by atoms with Crippen molar-refractivity contribution < 1.29 is 4.74 Å². The number of hydrogen-bond acceptors (Lipinski definition) is 4. The minimum Gasteiger partial charge on any atom is -0.497 e. The number of methoxy groups -OCH3 is 1. The van der Waals surface area contributed by atoms with Gasteiger partial charge >= 0.3 is 0 Å². The van der Waals surface area contributed by atoms with E-state index in [1.807, 2.05) is 22.8 Å². The van der Waals surface area contributed by atoms with Gasteiger partial charge in [-0.2, -0.15) is 0 Å². The maximum Gasteiger partial charge on any atom is 0.201 e. The lowest BCUT2D eigenvalue weighted by Gasteiger charge is -2.21. The molecular formula is C13H20N4O. The second-order valence-corrected chi connectivity index (χ2v) is 4.75. The largest absolute Gasteiger partial charge is 0.497 e. The van der Waals surface area contributed by atoms with Crippen LogP contribution in [0.25, 0.3) is 11.0 Å². The summed E-state index contributed by atoms with van der Waals surface area (Å²) in [6.45, 7) is 2.98. The van der Waals surface area contributed by atoms with Crippen molar-refractivity contribution in [3.63, 3.8) is 0 Å². The van der Waals surface area contributed by atoms with E-state index in [-0.39, 0.29) is 0 Å². The predicted molar refractivity (Wildman–Crippen MR) is 73.8 cm³/mol. The first-order valence-corrected chi connectivity index (χ1v) is 5.99. The average molecular weight is 248 g/mol. The van der Waals surface area contributed by atoms with Crippen LogP contribution in [0.3, 0.4) is 0 Å². The van der Waals surface area contributed by atoms with E-state index in [1.165, 1.54) is 0 Å². The fraction of sp³-hybridized carbons (Fsp3) is 0.462. The van der Waals surface area contributed by atoms with Gasteiger partial charge in [0, 0.05) is 18.7 Å². The Kier molecular flexibility index (Phi) is 3.43. The number of benzene rings is 1. The second kappa shape index (κ2) is 4.86. The number of rotatable bonds is 4. The van der Waals surface area contributed by atoms with Crippen molar-refractivity contribution in [3.8, 4) is 5.75 Å². The molecule has 1 heterocycles. The molecule has 0 aliphatic heterocycles. The summed E-state index contributed by atoms with van der Waals surface area (Å²) in [4.78, 5) is 6.54. The molecule has 1 aromatic heterocycles. The van der Waals surface area contributed by atoms with Crippen molar-refractivity contribution in [2.75, 3.05) is 26.9 Å². The summed E-state index contributed by atoms with van der Waals surface area (Å²) in [5.41, 5.74) is 7.90. The fourth-order valence-corrected chi connectivity index (χ4v) is 1.87. The third-order valence-corrected chi connectivity index (χ3v) is 3.31. The van der Waals surface area contributed by atoms with E-state index in [1.54, 1.807) is 7.11 Å². The Bertz CT molecular complexity index is 547. The highest BCUT2D eigenvalue weighted by Crippen LogP contribution is 2.23. The second-order valence-electron chi connectivity index (χ2n) is 4.75. The molecule has 0 saturated heterocycles. The van der Waals surface area contributed by atoms with Gasteiger partial charge in [-0.1, -0.05) is 0 Å². The number of anilines is 1. The highest BCUT2D eigenvalue weighted by molar-refractivity contribution is 5.79. The molecule has 2 rings (SSSR count). The monoisotopic (exact) mass is 248 g/mol. The number of nitrogens with two attached hydrogens (primary N) is 1. The Hall–Kier alpha value is -1.75. The number of fused-ring (bicyclic) bond motifs is 1. The molecule has 5 nitrogen and oxygen atoms in total. The zero-order valence-corrected chi connectivity index (χ0v) is 11.3. The van der Waals surface area contributed by atoms with Crippen molar-refractivity contribution in [1.82, 2.24) is 14.5 Å². The molecule has 5 heteroatoms. The smallest absolute Gasteiger partial charge is 0.201 e. The van der Waals surface area contributed by atoms with Crippen molar-refractivity contribution in [2.24, 2.45) is 0 Å². The van der Waals surface area contributed by atoms with Crippen LogP contribution in [-0.4, -0.2) is 41.7 Å². The van der Waals surface area contributed by atoms with Gasteiger partial charge in [0.2, 0.25) is 5.95 Å². The summed E-state index contributed by atoms with van der Waals surface area (Å²) in [7, 11) is 5.77. The van der Waals surface area contributed by atoms with Gasteiger partial charge in [-0.25, -0.2) is 4.98 Å². The van der Waals surface area contributed by atoms with E-state index in [4.69, 9.17) is 10.5 Å². The van der Waals surface area contributed by atoms with Crippen LogP contribution in [-0.2, 0) is 6.54 Å². The number of aromatic nitrogens is 2. The molecule has 1 atom stereocenters. The summed E-state index contributed by atoms with van der Waals surface area (Å²) in [5.74, 6) is 1.35. The van der Waals surface area contributed by atoms with Gasteiger partial charge in [0.25, 0.3) is 0 Å². The maximum atomic E-state index is 5.99. The van der Waals surface area contributed by atoms with Crippen LogP contribution in [0.2, 0.25) is 0 Å². The molecule has 0 spiro atoms. The van der Waals surface area contributed by atoms with Gasteiger partial charge in [-0.3, -0.25) is 0 Å². The minimum atomic E-state index is 0.395. The van der Waals surface area contributed by atoms with E-state index in [9.17, 15) is 0 Å². The summed E-state index contributed by atoms with van der Waals surface area (Å²) in [5, 5.41) is 0. The molecule has 2 aromatic rings. The zero-order chi connectivity index (χ0) is 13.3. The van der Waals surface area contributed by atoms with Crippen molar-refractivity contribution in [1.29, 1.82) is 0 Å². The van der Waals surface area contributed by atoms with Crippen molar-refractivity contribution in [3.05, 3.63) is 18.2 Å². The molecule has 0 radical (unpaired) electrons. The Labute approximate surface area is 107 Å². The lowest BCUT2D eigenvalue weighted by atomic mass is 10.2. The van der Waals surface area contributed by atoms with Gasteiger partial charge in [-0.05, 0) is 33.2 Å². The molecule has 98 valence electrons. The summed E-state index contributed by atoms with van der Waals surface area (Å²) in [6, 6.07) is 6.23. The quantitative estimate of drug-likeness (QED) is 0.892. The molecule has 0 bridgehead atoms. The molecule has 1 aromatic carbocycles. The van der Waals surface area contributed by atoms with Gasteiger partial charge in [0.05, 0.1) is 18.1 Å². The molecule has 0 fully saturated rings. The number of ether oxygens (including phenoxy) is 1. The summed E-state index contributed by atoms with van der Waals surface area (Å²) >= 11 is 0. The van der Waals surface area contributed by atoms with Crippen LogP contribution in [0.15, 0.2) is 18.2 Å². The van der Waals surface area contributed by atoms with E-state index < -0.39 is 0 Å². The van der Waals surface area contributed by atoms with Crippen molar-refractivity contribution >= 4 is 17.0 Å². The molecule has 18 heavy (non-hydrogen) atoms. The third kappa shape index (κ3) is 2.26. The first kappa shape index (κ1) is 12.7.